The highest BCUT2D eigenvalue weighted by Gasteiger charge is 2.34. The minimum Gasteiger partial charge on any atom is -0.478 e. The number of aliphatic carboxylic acids is 1. The highest BCUT2D eigenvalue weighted by atomic mass is 19.4. The second kappa shape index (κ2) is 10.4. The third-order valence-corrected chi connectivity index (χ3v) is 7.05. The number of rotatable bonds is 6. The second-order valence-electron chi connectivity index (χ2n) is 9.98. The first-order chi connectivity index (χ1) is 18.6. The number of fused-ring (bicyclic) bond motifs is 1. The first-order valence-corrected chi connectivity index (χ1v) is 12.6. The number of nitrogens with zero attached hydrogens (tertiary/aromatic N) is 3. The van der Waals surface area contributed by atoms with E-state index in [1.54, 1.807) is 35.0 Å². The Bertz CT molecular complexity index is 1510. The van der Waals surface area contributed by atoms with E-state index in [9.17, 15) is 18.0 Å². The number of benzene rings is 3. The SMILES string of the molecule is CC1Cc2cc(-c3cnn(C)c3)ccc2C(c2ccc(/C=C/C(=O)O)cc2)N1c1ccc(CC(F)(F)F)cc1. The maximum Gasteiger partial charge on any atom is 0.393 e. The summed E-state index contributed by atoms with van der Waals surface area (Å²) in [4.78, 5) is 13.2. The van der Waals surface area contributed by atoms with E-state index in [1.807, 2.05) is 43.7 Å². The van der Waals surface area contributed by atoms with Crippen molar-refractivity contribution in [1.29, 1.82) is 0 Å². The number of anilines is 1. The van der Waals surface area contributed by atoms with Crippen LogP contribution >= 0.6 is 0 Å². The second-order valence-corrected chi connectivity index (χ2v) is 9.98. The van der Waals surface area contributed by atoms with Gasteiger partial charge in [-0.2, -0.15) is 18.3 Å². The summed E-state index contributed by atoms with van der Waals surface area (Å²) in [6.45, 7) is 2.13. The van der Waals surface area contributed by atoms with Gasteiger partial charge in [-0.1, -0.05) is 54.6 Å². The van der Waals surface area contributed by atoms with E-state index in [2.05, 4.69) is 35.1 Å². The molecule has 39 heavy (non-hydrogen) atoms. The Hall–Kier alpha value is -4.33. The average Bonchev–Trinajstić information content (AvgIpc) is 3.32. The number of carboxylic acids is 1. The molecule has 200 valence electrons. The van der Waals surface area contributed by atoms with Gasteiger partial charge in [0.05, 0.1) is 18.7 Å². The Morgan fingerprint density at radius 2 is 1.77 bits per heavy atom. The van der Waals surface area contributed by atoms with Crippen molar-refractivity contribution >= 4 is 17.7 Å². The van der Waals surface area contributed by atoms with Gasteiger partial charge in [-0.15, -0.1) is 0 Å². The number of hydrogen-bond donors (Lipinski definition) is 1. The van der Waals surface area contributed by atoms with E-state index in [-0.39, 0.29) is 17.6 Å². The van der Waals surface area contributed by atoms with Crippen molar-refractivity contribution in [3.8, 4) is 11.1 Å². The summed E-state index contributed by atoms with van der Waals surface area (Å²) in [6, 6.07) is 20.6. The van der Waals surface area contributed by atoms with Gasteiger partial charge in [0, 0.05) is 36.6 Å². The smallest absolute Gasteiger partial charge is 0.393 e. The molecule has 1 N–H and O–H groups in total. The molecule has 0 aliphatic carbocycles. The molecule has 0 saturated heterocycles. The number of alkyl halides is 3. The molecule has 1 aliphatic rings. The summed E-state index contributed by atoms with van der Waals surface area (Å²) < 4.78 is 40.6. The molecule has 1 aromatic heterocycles. The minimum absolute atomic E-state index is 0.0618. The highest BCUT2D eigenvalue weighted by Crippen LogP contribution is 2.42. The molecule has 2 heterocycles. The van der Waals surface area contributed by atoms with Crippen molar-refractivity contribution in [2.24, 2.45) is 7.05 Å². The Kier molecular flexibility index (Phi) is 7.04. The summed E-state index contributed by atoms with van der Waals surface area (Å²) in [5, 5.41) is 13.3. The van der Waals surface area contributed by atoms with Crippen molar-refractivity contribution < 1.29 is 23.1 Å². The molecular formula is C31H28F3N3O2. The number of carbonyl (C=O) groups is 1. The predicted molar refractivity (Wildman–Crippen MR) is 145 cm³/mol. The zero-order valence-electron chi connectivity index (χ0n) is 21.6. The Labute approximate surface area is 224 Å². The summed E-state index contributed by atoms with van der Waals surface area (Å²) >= 11 is 0. The maximum absolute atomic E-state index is 12.9. The van der Waals surface area contributed by atoms with Gasteiger partial charge in [0.25, 0.3) is 0 Å². The van der Waals surface area contributed by atoms with E-state index in [0.29, 0.717) is 0 Å². The summed E-state index contributed by atoms with van der Waals surface area (Å²) in [5.74, 6) is -1.02. The van der Waals surface area contributed by atoms with E-state index < -0.39 is 18.6 Å². The molecule has 2 unspecified atom stereocenters. The minimum atomic E-state index is -4.26. The third kappa shape index (κ3) is 5.90. The number of aromatic nitrogens is 2. The van der Waals surface area contributed by atoms with Crippen LogP contribution < -0.4 is 4.90 Å². The summed E-state index contributed by atoms with van der Waals surface area (Å²) in [5.41, 5.74) is 7.26. The van der Waals surface area contributed by atoms with Crippen molar-refractivity contribution in [2.75, 3.05) is 4.90 Å². The monoisotopic (exact) mass is 531 g/mol. The zero-order chi connectivity index (χ0) is 27.7. The summed E-state index contributed by atoms with van der Waals surface area (Å²) in [7, 11) is 1.88. The van der Waals surface area contributed by atoms with Crippen molar-refractivity contribution in [3.63, 3.8) is 0 Å². The lowest BCUT2D eigenvalue weighted by Gasteiger charge is -2.44. The topological polar surface area (TPSA) is 58.4 Å². The number of carboxylic acid groups (broad SMARTS) is 1. The van der Waals surface area contributed by atoms with E-state index in [1.165, 1.54) is 5.56 Å². The molecule has 0 spiro atoms. The first-order valence-electron chi connectivity index (χ1n) is 12.6. The number of hydrogen-bond acceptors (Lipinski definition) is 3. The van der Waals surface area contributed by atoms with E-state index in [4.69, 9.17) is 5.11 Å². The normalized spacial score (nSPS) is 17.4. The van der Waals surface area contributed by atoms with Crippen molar-refractivity contribution in [1.82, 2.24) is 9.78 Å². The molecule has 8 heteroatoms. The molecular weight excluding hydrogens is 503 g/mol. The molecule has 2 atom stereocenters. The quantitative estimate of drug-likeness (QED) is 0.277. The van der Waals surface area contributed by atoms with Crippen LogP contribution in [-0.4, -0.2) is 33.1 Å². The van der Waals surface area contributed by atoms with Crippen LogP contribution in [0.2, 0.25) is 0 Å². The third-order valence-electron chi connectivity index (χ3n) is 7.05. The fraction of sp³-hybridized carbons (Fsp3) is 0.226. The van der Waals surface area contributed by atoms with Crippen molar-refractivity contribution in [2.45, 2.75) is 38.0 Å². The van der Waals surface area contributed by atoms with Gasteiger partial charge in [0.2, 0.25) is 0 Å². The Morgan fingerprint density at radius 1 is 1.05 bits per heavy atom. The Balaban J connectivity index is 1.57. The molecule has 0 bridgehead atoms. The van der Waals surface area contributed by atoms with Gasteiger partial charge in [-0.25, -0.2) is 4.79 Å². The summed E-state index contributed by atoms with van der Waals surface area (Å²) in [6.07, 6.45) is 2.00. The lowest BCUT2D eigenvalue weighted by atomic mass is 9.83. The molecule has 3 aromatic carbocycles. The van der Waals surface area contributed by atoms with Crippen molar-refractivity contribution in [3.05, 3.63) is 113 Å². The number of halogens is 3. The van der Waals surface area contributed by atoms with Gasteiger partial charge in [0.1, 0.15) is 0 Å². The zero-order valence-corrected chi connectivity index (χ0v) is 21.6. The standard InChI is InChI=1S/C31H28F3N3O2/c1-20-15-25-16-24(26-18-35-36(2)19-26)10-13-28(25)30(23-8-3-21(4-9-23)7-14-29(38)39)37(20)27-11-5-22(6-12-27)17-31(32,33)34/h3-14,16,18-20,30H,15,17H2,1-2H3,(H,38,39)/b14-7+. The van der Waals surface area contributed by atoms with Gasteiger partial charge in [-0.3, -0.25) is 4.68 Å². The molecule has 0 fully saturated rings. The van der Waals surface area contributed by atoms with Crippen LogP contribution in [0.25, 0.3) is 17.2 Å². The van der Waals surface area contributed by atoms with Gasteiger partial charge in [0.15, 0.2) is 0 Å². The first kappa shape index (κ1) is 26.3. The van der Waals surface area contributed by atoms with Crippen LogP contribution in [0.1, 0.15) is 40.8 Å². The molecule has 0 amide bonds. The lowest BCUT2D eigenvalue weighted by Crippen LogP contribution is -2.42. The van der Waals surface area contributed by atoms with Crippen LogP contribution in [0.3, 0.4) is 0 Å². The molecule has 0 saturated carbocycles. The van der Waals surface area contributed by atoms with Gasteiger partial charge in [-0.05, 0) is 64.9 Å². The molecule has 1 aliphatic heterocycles. The van der Waals surface area contributed by atoms with Crippen LogP contribution in [0, 0.1) is 0 Å². The largest absolute Gasteiger partial charge is 0.478 e. The fourth-order valence-corrected chi connectivity index (χ4v) is 5.34. The van der Waals surface area contributed by atoms with E-state index >= 15 is 0 Å². The average molecular weight is 532 g/mol. The van der Waals surface area contributed by atoms with Gasteiger partial charge < -0.3 is 10.0 Å². The number of aryl methyl sites for hydroxylation is 1. The molecule has 5 nitrogen and oxygen atoms in total. The van der Waals surface area contributed by atoms with Crippen LogP contribution in [0.4, 0.5) is 18.9 Å². The maximum atomic E-state index is 12.9. The molecule has 4 aromatic rings. The van der Waals surface area contributed by atoms with Crippen LogP contribution in [0.5, 0.6) is 0 Å². The molecule has 0 radical (unpaired) electrons. The van der Waals surface area contributed by atoms with E-state index in [0.717, 1.165) is 46.0 Å². The van der Waals surface area contributed by atoms with Crippen LogP contribution in [-0.2, 0) is 24.7 Å². The van der Waals surface area contributed by atoms with Crippen LogP contribution in [0.15, 0.2) is 85.2 Å². The highest BCUT2D eigenvalue weighted by molar-refractivity contribution is 5.85. The van der Waals surface area contributed by atoms with Gasteiger partial charge >= 0.3 is 12.1 Å². The molecule has 5 rings (SSSR count). The lowest BCUT2D eigenvalue weighted by molar-refractivity contribution is -0.131. The fourth-order valence-electron chi connectivity index (χ4n) is 5.34. The Morgan fingerprint density at radius 3 is 2.38 bits per heavy atom. The predicted octanol–water partition coefficient (Wildman–Crippen LogP) is 6.83.